The lowest BCUT2D eigenvalue weighted by Crippen LogP contribution is -2.32. The number of phenols is 1. The van der Waals surface area contributed by atoms with E-state index in [9.17, 15) is 19.5 Å². The summed E-state index contributed by atoms with van der Waals surface area (Å²) in [6.07, 6.45) is 0.107. The molecule has 0 bridgehead atoms. The van der Waals surface area contributed by atoms with Crippen molar-refractivity contribution in [1.29, 1.82) is 0 Å². The van der Waals surface area contributed by atoms with Gasteiger partial charge >= 0.3 is 5.97 Å². The minimum Gasteiger partial charge on any atom is -0.508 e. The Morgan fingerprint density at radius 1 is 0.880 bits per heavy atom. The molecule has 6 heteroatoms. The van der Waals surface area contributed by atoms with Gasteiger partial charge in [0.15, 0.2) is 0 Å². The van der Waals surface area contributed by atoms with Crippen LogP contribution in [-0.2, 0) is 14.4 Å². The lowest BCUT2D eigenvalue weighted by atomic mass is 10.1. The van der Waals surface area contributed by atoms with E-state index in [0.29, 0.717) is 10.6 Å². The number of amides is 2. The first kappa shape index (κ1) is 16.3. The van der Waals surface area contributed by atoms with Crippen LogP contribution in [0, 0.1) is 11.8 Å². The normalized spacial score (nSPS) is 13.4. The van der Waals surface area contributed by atoms with Crippen molar-refractivity contribution in [1.82, 2.24) is 5.06 Å². The number of phenolic OH excluding ortho intramolecular Hbond substituents is 1. The highest BCUT2D eigenvalue weighted by Crippen LogP contribution is 2.14. The number of rotatable bonds is 2. The number of benzene rings is 2. The van der Waals surface area contributed by atoms with Gasteiger partial charge in [0.2, 0.25) is 0 Å². The lowest BCUT2D eigenvalue weighted by molar-refractivity contribution is -0.172. The van der Waals surface area contributed by atoms with Gasteiger partial charge in [-0.25, -0.2) is 4.79 Å². The van der Waals surface area contributed by atoms with E-state index in [-0.39, 0.29) is 24.2 Å². The van der Waals surface area contributed by atoms with Gasteiger partial charge in [0, 0.05) is 24.0 Å². The quantitative estimate of drug-likeness (QED) is 0.670. The van der Waals surface area contributed by atoms with Gasteiger partial charge in [-0.1, -0.05) is 11.8 Å². The van der Waals surface area contributed by atoms with Crippen LogP contribution in [0.2, 0.25) is 0 Å². The van der Waals surface area contributed by atoms with Crippen molar-refractivity contribution in [2.75, 3.05) is 0 Å². The minimum atomic E-state index is -0.776. The minimum absolute atomic E-state index is 0.0535. The van der Waals surface area contributed by atoms with Crippen molar-refractivity contribution >= 4 is 17.8 Å². The molecular formula is C19H13NO5. The van der Waals surface area contributed by atoms with Crippen molar-refractivity contribution in [3.8, 4) is 17.6 Å². The number of hydrogen-bond donors (Lipinski definition) is 1. The molecule has 1 aliphatic heterocycles. The Hall–Kier alpha value is -3.59. The van der Waals surface area contributed by atoms with Gasteiger partial charge in [-0.05, 0) is 48.5 Å². The largest absolute Gasteiger partial charge is 0.508 e. The first-order valence-electron chi connectivity index (χ1n) is 7.52. The summed E-state index contributed by atoms with van der Waals surface area (Å²) in [7, 11) is 0. The molecule has 0 aliphatic carbocycles. The molecule has 1 heterocycles. The Morgan fingerprint density at radius 3 is 1.88 bits per heavy atom. The third-order valence-corrected chi connectivity index (χ3v) is 3.52. The van der Waals surface area contributed by atoms with Crippen molar-refractivity contribution in [2.24, 2.45) is 0 Å². The second-order valence-corrected chi connectivity index (χ2v) is 5.33. The number of carbonyl (C=O) groups is 3. The van der Waals surface area contributed by atoms with Crippen LogP contribution in [0.15, 0.2) is 48.5 Å². The van der Waals surface area contributed by atoms with Crippen LogP contribution in [-0.4, -0.2) is 28.0 Å². The summed E-state index contributed by atoms with van der Waals surface area (Å²) in [4.78, 5) is 39.7. The van der Waals surface area contributed by atoms with E-state index in [1.807, 2.05) is 0 Å². The van der Waals surface area contributed by atoms with E-state index in [4.69, 9.17) is 4.84 Å². The van der Waals surface area contributed by atoms with E-state index < -0.39 is 17.8 Å². The Bertz CT molecular complexity index is 872. The molecule has 1 saturated heterocycles. The summed E-state index contributed by atoms with van der Waals surface area (Å²) in [5.74, 6) is 4.22. The van der Waals surface area contributed by atoms with Crippen molar-refractivity contribution in [3.05, 3.63) is 65.2 Å². The zero-order chi connectivity index (χ0) is 17.8. The second kappa shape index (κ2) is 6.89. The van der Waals surface area contributed by atoms with E-state index >= 15 is 0 Å². The van der Waals surface area contributed by atoms with Crippen molar-refractivity contribution < 1.29 is 24.3 Å². The highest BCUT2D eigenvalue weighted by molar-refractivity contribution is 6.02. The predicted molar refractivity (Wildman–Crippen MR) is 87.0 cm³/mol. The average molecular weight is 335 g/mol. The van der Waals surface area contributed by atoms with Crippen LogP contribution in [0.3, 0.4) is 0 Å². The smallest absolute Gasteiger partial charge is 0.363 e. The number of carbonyl (C=O) groups excluding carboxylic acids is 3. The summed E-state index contributed by atoms with van der Waals surface area (Å²) in [6, 6.07) is 12.8. The van der Waals surface area contributed by atoms with Crippen LogP contribution in [0.1, 0.15) is 34.3 Å². The monoisotopic (exact) mass is 335 g/mol. The molecule has 2 amide bonds. The van der Waals surface area contributed by atoms with Gasteiger partial charge in [0.25, 0.3) is 11.8 Å². The first-order valence-corrected chi connectivity index (χ1v) is 7.52. The molecule has 1 fully saturated rings. The first-order chi connectivity index (χ1) is 12.0. The van der Waals surface area contributed by atoms with E-state index in [1.165, 1.54) is 12.1 Å². The summed E-state index contributed by atoms with van der Waals surface area (Å²) in [5.41, 5.74) is 1.63. The highest BCUT2D eigenvalue weighted by Gasteiger charge is 2.33. The van der Waals surface area contributed by atoms with Gasteiger partial charge in [-0.2, -0.15) is 0 Å². The van der Waals surface area contributed by atoms with E-state index in [1.54, 1.807) is 36.4 Å². The summed E-state index contributed by atoms with van der Waals surface area (Å²) >= 11 is 0. The van der Waals surface area contributed by atoms with Crippen LogP contribution < -0.4 is 0 Å². The molecule has 0 aromatic heterocycles. The Balaban J connectivity index is 1.68. The Morgan fingerprint density at radius 2 is 1.36 bits per heavy atom. The zero-order valence-corrected chi connectivity index (χ0v) is 13.1. The van der Waals surface area contributed by atoms with Crippen molar-refractivity contribution in [2.45, 2.75) is 12.8 Å². The van der Waals surface area contributed by atoms with Crippen LogP contribution in [0.5, 0.6) is 5.75 Å². The molecule has 1 N–H and O–H groups in total. The molecule has 2 aromatic rings. The molecular weight excluding hydrogens is 322 g/mol. The van der Waals surface area contributed by atoms with Gasteiger partial charge in [-0.3, -0.25) is 9.59 Å². The highest BCUT2D eigenvalue weighted by atomic mass is 16.7. The fraction of sp³-hybridized carbons (Fsp3) is 0.105. The number of imide groups is 1. The molecule has 25 heavy (non-hydrogen) atoms. The number of hydrogen-bond acceptors (Lipinski definition) is 5. The third kappa shape index (κ3) is 3.85. The molecule has 0 spiro atoms. The Labute approximate surface area is 143 Å². The van der Waals surface area contributed by atoms with E-state index in [0.717, 1.165) is 5.56 Å². The molecule has 2 aromatic carbocycles. The number of aromatic hydroxyl groups is 1. The molecule has 0 atom stereocenters. The molecule has 3 rings (SSSR count). The van der Waals surface area contributed by atoms with Crippen LogP contribution in [0.25, 0.3) is 0 Å². The fourth-order valence-corrected chi connectivity index (χ4v) is 2.17. The van der Waals surface area contributed by atoms with Gasteiger partial charge in [0.05, 0.1) is 5.56 Å². The fourth-order valence-electron chi connectivity index (χ4n) is 2.17. The molecule has 1 aliphatic rings. The molecule has 124 valence electrons. The van der Waals surface area contributed by atoms with Gasteiger partial charge in [0.1, 0.15) is 5.75 Å². The van der Waals surface area contributed by atoms with Crippen molar-refractivity contribution in [3.63, 3.8) is 0 Å². The lowest BCUT2D eigenvalue weighted by Gasteiger charge is -2.12. The zero-order valence-electron chi connectivity index (χ0n) is 13.1. The standard InChI is InChI=1S/C19H13NO5/c21-16-9-5-14(6-10-16)2-1-13-3-7-15(8-4-13)19(24)25-20-17(22)11-12-18(20)23/h3-10,21H,11-12H2. The maximum absolute atomic E-state index is 12.0. The maximum Gasteiger partial charge on any atom is 0.363 e. The molecule has 6 nitrogen and oxygen atoms in total. The summed E-state index contributed by atoms with van der Waals surface area (Å²) in [5, 5.41) is 9.74. The maximum atomic E-state index is 12.0. The molecule has 0 radical (unpaired) electrons. The Kier molecular flexibility index (Phi) is 4.48. The van der Waals surface area contributed by atoms with Crippen LogP contribution in [0.4, 0.5) is 0 Å². The summed E-state index contributed by atoms with van der Waals surface area (Å²) in [6.45, 7) is 0. The molecule has 0 saturated carbocycles. The molecule has 0 unspecified atom stereocenters. The van der Waals surface area contributed by atoms with Crippen LogP contribution >= 0.6 is 0 Å². The topological polar surface area (TPSA) is 83.9 Å². The number of hydroxylamine groups is 2. The van der Waals surface area contributed by atoms with Gasteiger partial charge in [-0.15, -0.1) is 5.06 Å². The van der Waals surface area contributed by atoms with Gasteiger partial charge < -0.3 is 9.94 Å². The third-order valence-electron chi connectivity index (χ3n) is 3.52. The second-order valence-electron chi connectivity index (χ2n) is 5.33. The summed E-state index contributed by atoms with van der Waals surface area (Å²) < 4.78 is 0. The number of nitrogens with zero attached hydrogens (tertiary/aromatic N) is 1. The average Bonchev–Trinajstić information content (AvgIpc) is 2.93. The SMILES string of the molecule is O=C(ON1C(=O)CCC1=O)c1ccc(C#Cc2ccc(O)cc2)cc1. The van der Waals surface area contributed by atoms with E-state index in [2.05, 4.69) is 11.8 Å². The predicted octanol–water partition coefficient (Wildman–Crippen LogP) is 2.01.